The van der Waals surface area contributed by atoms with E-state index in [0.29, 0.717) is 37.7 Å². The summed E-state index contributed by atoms with van der Waals surface area (Å²) in [6, 6.07) is 3.39. The van der Waals surface area contributed by atoms with Crippen molar-refractivity contribution in [3.8, 4) is 0 Å². The van der Waals surface area contributed by atoms with E-state index in [1.165, 1.54) is 4.90 Å². The molecule has 0 radical (unpaired) electrons. The van der Waals surface area contributed by atoms with Crippen LogP contribution >= 0.6 is 0 Å². The van der Waals surface area contributed by atoms with Gasteiger partial charge in [0, 0.05) is 36.0 Å². The predicted molar refractivity (Wildman–Crippen MR) is 159 cm³/mol. The molecule has 1 unspecified atom stereocenters. The van der Waals surface area contributed by atoms with Crippen molar-refractivity contribution in [2.24, 2.45) is 17.8 Å². The molecular weight excluding hydrogens is 566 g/mol. The van der Waals surface area contributed by atoms with Gasteiger partial charge in [-0.25, -0.2) is 0 Å². The number of likely N-dealkylation sites (N-methyl/N-ethyl adjacent to an activating group) is 1. The summed E-state index contributed by atoms with van der Waals surface area (Å²) in [5.74, 6) is -4.96. The number of carbonyl (C=O) groups excluding carboxylic acids is 3. The number of aromatic nitrogens is 1. The Morgan fingerprint density at radius 2 is 2.00 bits per heavy atom. The van der Waals surface area contributed by atoms with Crippen LogP contribution in [0.1, 0.15) is 58.1 Å². The van der Waals surface area contributed by atoms with Gasteiger partial charge in [-0.2, -0.15) is 4.73 Å². The molecule has 1 aliphatic carbocycles. The van der Waals surface area contributed by atoms with Gasteiger partial charge in [0.05, 0.1) is 19.1 Å². The zero-order valence-corrected chi connectivity index (χ0v) is 25.8. The van der Waals surface area contributed by atoms with Gasteiger partial charge in [-0.05, 0) is 42.4 Å². The highest BCUT2D eigenvalue weighted by molar-refractivity contribution is 6.01. The Hall–Kier alpha value is -3.45. The molecule has 3 saturated heterocycles. The Labute approximate surface area is 256 Å². The molecule has 3 amide bonds. The average Bonchev–Trinajstić information content (AvgIpc) is 3.63. The third kappa shape index (κ3) is 3.87. The molecule has 2 aromatic rings. The average molecular weight is 608 g/mol. The van der Waals surface area contributed by atoms with Crippen molar-refractivity contribution in [3.05, 3.63) is 46.8 Å². The molecule has 44 heavy (non-hydrogen) atoms. The zero-order chi connectivity index (χ0) is 31.5. The highest BCUT2D eigenvalue weighted by atomic mass is 16.7. The van der Waals surface area contributed by atoms with Gasteiger partial charge in [0.25, 0.3) is 11.8 Å². The summed E-state index contributed by atoms with van der Waals surface area (Å²) < 4.78 is 6.74. The molecule has 12 heteroatoms. The number of nitrogens with zero attached hydrogens (tertiary/aromatic N) is 4. The molecule has 0 bridgehead atoms. The van der Waals surface area contributed by atoms with Crippen molar-refractivity contribution in [1.82, 2.24) is 19.8 Å². The monoisotopic (exact) mass is 607 g/mol. The summed E-state index contributed by atoms with van der Waals surface area (Å²) in [7, 11) is 1.55. The lowest BCUT2D eigenvalue weighted by molar-refractivity contribution is -0.880. The van der Waals surface area contributed by atoms with Crippen molar-refractivity contribution in [2.75, 3.05) is 20.1 Å². The van der Waals surface area contributed by atoms with Crippen LogP contribution in [0.2, 0.25) is 0 Å². The fourth-order valence-corrected chi connectivity index (χ4v) is 8.36. The number of benzene rings is 1. The number of carbonyl (C=O) groups is 3. The number of amides is 3. The van der Waals surface area contributed by atoms with E-state index in [1.54, 1.807) is 38.1 Å². The summed E-state index contributed by atoms with van der Waals surface area (Å²) >= 11 is 0. The van der Waals surface area contributed by atoms with Crippen molar-refractivity contribution in [2.45, 2.75) is 83.1 Å². The molecule has 0 saturated carbocycles. The van der Waals surface area contributed by atoms with Crippen molar-refractivity contribution in [3.63, 3.8) is 0 Å². The van der Waals surface area contributed by atoms with Gasteiger partial charge in [0.15, 0.2) is 0 Å². The molecular formula is C32H41N5O7. The third-order valence-electron chi connectivity index (χ3n) is 10.5. The van der Waals surface area contributed by atoms with Crippen molar-refractivity contribution < 1.29 is 34.1 Å². The van der Waals surface area contributed by atoms with Gasteiger partial charge < -0.3 is 30.4 Å². The Bertz CT molecular complexity index is 1610. The van der Waals surface area contributed by atoms with E-state index in [-0.39, 0.29) is 18.4 Å². The van der Waals surface area contributed by atoms with Crippen LogP contribution in [0.5, 0.6) is 0 Å². The molecule has 5 aliphatic rings. The number of piperazine rings is 1. The minimum absolute atomic E-state index is 0.0568. The van der Waals surface area contributed by atoms with Gasteiger partial charge >= 0.3 is 0 Å². The van der Waals surface area contributed by atoms with Gasteiger partial charge in [-0.1, -0.05) is 45.9 Å². The topological polar surface area (TPSA) is 147 Å². The first-order valence-corrected chi connectivity index (χ1v) is 15.7. The lowest BCUT2D eigenvalue weighted by Crippen LogP contribution is -2.71. The number of fused-ring (bicyclic) bond motifs is 5. The first kappa shape index (κ1) is 29.3. The van der Waals surface area contributed by atoms with E-state index >= 15 is 0 Å². The maximum Gasteiger partial charge on any atom is 0.281 e. The first-order chi connectivity index (χ1) is 20.7. The summed E-state index contributed by atoms with van der Waals surface area (Å²) in [6.07, 6.45) is 5.35. The predicted octanol–water partition coefficient (Wildman–Crippen LogP) is 2.15. The van der Waals surface area contributed by atoms with Crippen molar-refractivity contribution >= 4 is 34.2 Å². The molecule has 3 fully saturated rings. The van der Waals surface area contributed by atoms with Gasteiger partial charge in [-0.3, -0.25) is 24.0 Å². The fraction of sp³-hybridized carbons (Fsp3) is 0.594. The standard InChI is InChI=1S/C32H41N5O7/c1-17(2)12-24-29(39)34-11-7-10-26(34)32(41)36(24)30(40)31(44-32,18(3)4)33-28(38)20-13-22-21-8-6-9-23-27(21)19(15-35(23)42)14-25(22)37(5,43)16-20/h6,8-9,13,15,17-18,20,24-26,41-42H,7,10-12,14,16H2,1-5H3,(H,33,38)/t20-,24+,25-,26+,31-,32+,37?/m1/s1. The smallest absolute Gasteiger partial charge is 0.281 e. The highest BCUT2D eigenvalue weighted by Crippen LogP contribution is 2.49. The number of nitrogens with one attached hydrogen (secondary N) is 1. The van der Waals surface area contributed by atoms with Crippen LogP contribution in [-0.4, -0.2) is 97.1 Å². The van der Waals surface area contributed by atoms with Crippen LogP contribution in [0.4, 0.5) is 0 Å². The minimum atomic E-state index is -2.09. The Morgan fingerprint density at radius 3 is 2.70 bits per heavy atom. The molecule has 5 heterocycles. The zero-order valence-electron chi connectivity index (χ0n) is 25.8. The highest BCUT2D eigenvalue weighted by Gasteiger charge is 2.72. The second kappa shape index (κ2) is 9.53. The number of aliphatic hydroxyl groups is 1. The van der Waals surface area contributed by atoms with Crippen LogP contribution in [0.25, 0.3) is 16.5 Å². The fourth-order valence-electron chi connectivity index (χ4n) is 8.36. The van der Waals surface area contributed by atoms with E-state index in [9.17, 15) is 29.9 Å². The maximum absolute atomic E-state index is 14.4. The van der Waals surface area contributed by atoms with E-state index < -0.39 is 58.1 Å². The largest absolute Gasteiger partial charge is 0.633 e. The second-order valence-corrected chi connectivity index (χ2v) is 14.2. The van der Waals surface area contributed by atoms with Gasteiger partial charge in [0.2, 0.25) is 17.5 Å². The molecule has 7 atom stereocenters. The van der Waals surface area contributed by atoms with Crippen LogP contribution in [-0.2, 0) is 25.5 Å². The molecule has 1 aromatic carbocycles. The third-order valence-corrected chi connectivity index (χ3v) is 10.5. The quantitative estimate of drug-likeness (QED) is 0.268. The SMILES string of the molecule is CC(C)C[C@H]1C(=O)N2CCC[C@H]2[C@]2(O)O[C@](NC(=O)[C@@H]3C=C4c5cccc6c5c(cn6O)C[C@H]4[N+](C)([O-])C3)(C(C)C)C(=O)N12. The number of hydroxylamine groups is 3. The number of hydrogen-bond donors (Lipinski definition) is 3. The van der Waals surface area contributed by atoms with E-state index in [1.807, 2.05) is 32.1 Å². The van der Waals surface area contributed by atoms with E-state index in [2.05, 4.69) is 5.32 Å². The number of rotatable bonds is 5. The van der Waals surface area contributed by atoms with E-state index in [4.69, 9.17) is 4.74 Å². The molecule has 7 rings (SSSR count). The Balaban J connectivity index is 1.26. The van der Waals surface area contributed by atoms with Crippen LogP contribution in [0, 0.1) is 23.0 Å². The van der Waals surface area contributed by atoms with E-state index in [0.717, 1.165) is 26.8 Å². The molecule has 0 spiro atoms. The number of hydrogen-bond acceptors (Lipinski definition) is 7. The Kier molecular flexibility index (Phi) is 6.34. The molecule has 3 N–H and O–H groups in total. The minimum Gasteiger partial charge on any atom is -0.633 e. The molecule has 12 nitrogen and oxygen atoms in total. The Morgan fingerprint density at radius 1 is 1.25 bits per heavy atom. The lowest BCUT2D eigenvalue weighted by atomic mass is 9.79. The van der Waals surface area contributed by atoms with Crippen LogP contribution in [0.3, 0.4) is 0 Å². The van der Waals surface area contributed by atoms with Crippen LogP contribution in [0.15, 0.2) is 30.5 Å². The summed E-state index contributed by atoms with van der Waals surface area (Å²) in [4.78, 5) is 45.0. The molecule has 236 valence electrons. The van der Waals surface area contributed by atoms with Gasteiger partial charge in [0.1, 0.15) is 24.0 Å². The number of quaternary nitrogens is 1. The normalized spacial score (nSPS) is 36.2. The summed E-state index contributed by atoms with van der Waals surface area (Å²) in [5.41, 5.74) is 1.10. The number of ether oxygens (including phenoxy) is 1. The first-order valence-electron chi connectivity index (χ1n) is 15.7. The molecule has 4 aliphatic heterocycles. The van der Waals surface area contributed by atoms with Crippen LogP contribution < -0.4 is 5.32 Å². The lowest BCUT2D eigenvalue weighted by Gasteiger charge is -2.51. The summed E-state index contributed by atoms with van der Waals surface area (Å²) in [5, 5.41) is 40.4. The molecule has 1 aromatic heterocycles. The summed E-state index contributed by atoms with van der Waals surface area (Å²) in [6.45, 7) is 7.78. The maximum atomic E-state index is 14.4. The second-order valence-electron chi connectivity index (χ2n) is 14.2. The van der Waals surface area contributed by atoms with Crippen molar-refractivity contribution in [1.29, 1.82) is 0 Å². The van der Waals surface area contributed by atoms with Gasteiger partial charge in [-0.15, -0.1) is 0 Å².